The van der Waals surface area contributed by atoms with Gasteiger partial charge in [-0.15, -0.1) is 0 Å². The van der Waals surface area contributed by atoms with Gasteiger partial charge in [0.15, 0.2) is 9.84 Å². The summed E-state index contributed by atoms with van der Waals surface area (Å²) in [5, 5.41) is -0.680. The molecule has 1 fully saturated rings. The summed E-state index contributed by atoms with van der Waals surface area (Å²) in [6, 6.07) is 15.5. The monoisotopic (exact) mass is 316 g/mol. The van der Waals surface area contributed by atoms with Crippen molar-refractivity contribution in [3.05, 3.63) is 60.2 Å². The minimum Gasteiger partial charge on any atom is -0.497 e. The summed E-state index contributed by atoms with van der Waals surface area (Å²) in [7, 11) is -1.93. The molecule has 0 amide bonds. The highest BCUT2D eigenvalue weighted by Gasteiger charge is 2.58. The maximum Gasteiger partial charge on any atom is 0.182 e. The Morgan fingerprint density at radius 2 is 1.64 bits per heavy atom. The standard InChI is InChI=1S/C17H16O4S/c1-21-13-9-7-12(8-10-13)16-15(11-18)17(16)22(19,20)14-5-3-2-4-6-14/h2-11,15-17H,1H3. The number of carbonyl (C=O) groups excluding carboxylic acids is 1. The van der Waals surface area contributed by atoms with Crippen LogP contribution in [0.2, 0.25) is 0 Å². The molecule has 0 radical (unpaired) electrons. The van der Waals surface area contributed by atoms with Crippen LogP contribution in [-0.2, 0) is 14.6 Å². The van der Waals surface area contributed by atoms with Gasteiger partial charge in [-0.1, -0.05) is 30.3 Å². The van der Waals surface area contributed by atoms with Gasteiger partial charge in [0.1, 0.15) is 12.0 Å². The van der Waals surface area contributed by atoms with Crippen molar-refractivity contribution in [1.82, 2.24) is 0 Å². The van der Waals surface area contributed by atoms with Crippen LogP contribution in [0, 0.1) is 5.92 Å². The fourth-order valence-electron chi connectivity index (χ4n) is 2.87. The van der Waals surface area contributed by atoms with E-state index in [1.807, 2.05) is 12.1 Å². The molecule has 22 heavy (non-hydrogen) atoms. The SMILES string of the molecule is COc1ccc(C2C(C=O)C2S(=O)(=O)c2ccccc2)cc1. The van der Waals surface area contributed by atoms with Crippen molar-refractivity contribution in [3.8, 4) is 5.75 Å². The predicted molar refractivity (Wildman–Crippen MR) is 82.7 cm³/mol. The smallest absolute Gasteiger partial charge is 0.182 e. The van der Waals surface area contributed by atoms with Crippen LogP contribution in [0.3, 0.4) is 0 Å². The van der Waals surface area contributed by atoms with Crippen LogP contribution in [0.1, 0.15) is 11.5 Å². The van der Waals surface area contributed by atoms with Gasteiger partial charge in [-0.3, -0.25) is 0 Å². The quantitative estimate of drug-likeness (QED) is 0.795. The molecule has 4 nitrogen and oxygen atoms in total. The second-order valence-electron chi connectivity index (χ2n) is 5.34. The van der Waals surface area contributed by atoms with Crippen molar-refractivity contribution in [2.24, 2.45) is 5.92 Å². The third-order valence-corrected chi connectivity index (χ3v) is 6.35. The lowest BCUT2D eigenvalue weighted by molar-refractivity contribution is -0.108. The molecule has 3 atom stereocenters. The zero-order valence-electron chi connectivity index (χ0n) is 12.0. The molecule has 0 aliphatic heterocycles. The minimum atomic E-state index is -3.50. The van der Waals surface area contributed by atoms with Gasteiger partial charge < -0.3 is 9.53 Å². The van der Waals surface area contributed by atoms with E-state index in [1.165, 1.54) is 0 Å². The van der Waals surface area contributed by atoms with Crippen LogP contribution < -0.4 is 4.74 Å². The fourth-order valence-corrected chi connectivity index (χ4v) is 5.00. The molecule has 2 aromatic rings. The first kappa shape index (κ1) is 14.8. The van der Waals surface area contributed by atoms with E-state index in [-0.39, 0.29) is 10.8 Å². The Hall–Kier alpha value is -2.14. The topological polar surface area (TPSA) is 60.4 Å². The zero-order chi connectivity index (χ0) is 15.7. The van der Waals surface area contributed by atoms with Crippen molar-refractivity contribution >= 4 is 16.1 Å². The molecule has 2 aromatic carbocycles. The van der Waals surface area contributed by atoms with E-state index < -0.39 is 21.0 Å². The van der Waals surface area contributed by atoms with E-state index in [0.717, 1.165) is 11.8 Å². The number of aldehydes is 1. The van der Waals surface area contributed by atoms with Crippen LogP contribution in [0.15, 0.2) is 59.5 Å². The highest BCUT2D eigenvalue weighted by Crippen LogP contribution is 2.52. The molecule has 0 heterocycles. The normalized spacial score (nSPS) is 23.8. The molecule has 1 aliphatic rings. The molecule has 1 aliphatic carbocycles. The molecule has 114 valence electrons. The number of sulfone groups is 1. The van der Waals surface area contributed by atoms with Gasteiger partial charge in [0.05, 0.1) is 17.3 Å². The summed E-state index contributed by atoms with van der Waals surface area (Å²) in [6.07, 6.45) is 0.750. The van der Waals surface area contributed by atoms with Gasteiger partial charge in [0.25, 0.3) is 0 Å². The molecule has 5 heteroatoms. The van der Waals surface area contributed by atoms with Gasteiger partial charge in [-0.05, 0) is 29.8 Å². The van der Waals surface area contributed by atoms with Crippen molar-refractivity contribution in [3.63, 3.8) is 0 Å². The molecule has 0 N–H and O–H groups in total. The van der Waals surface area contributed by atoms with E-state index in [9.17, 15) is 13.2 Å². The van der Waals surface area contributed by atoms with Gasteiger partial charge in [-0.2, -0.15) is 0 Å². The average Bonchev–Trinajstić information content (AvgIpc) is 3.31. The van der Waals surface area contributed by atoms with Crippen molar-refractivity contribution in [2.45, 2.75) is 16.1 Å². The third kappa shape index (κ3) is 2.41. The number of methoxy groups -OCH3 is 1. The molecule has 3 rings (SSSR count). The van der Waals surface area contributed by atoms with Crippen LogP contribution in [0.5, 0.6) is 5.75 Å². The summed E-state index contributed by atoms with van der Waals surface area (Å²) >= 11 is 0. The second kappa shape index (κ2) is 5.57. The number of rotatable bonds is 5. The lowest BCUT2D eigenvalue weighted by Gasteiger charge is -2.05. The molecular formula is C17H16O4S. The Balaban J connectivity index is 1.93. The van der Waals surface area contributed by atoms with Gasteiger partial charge in [0.2, 0.25) is 0 Å². The molecule has 3 unspecified atom stereocenters. The average molecular weight is 316 g/mol. The Morgan fingerprint density at radius 1 is 1.00 bits per heavy atom. The van der Waals surface area contributed by atoms with E-state index in [4.69, 9.17) is 4.74 Å². The first-order valence-corrected chi connectivity index (χ1v) is 8.52. The minimum absolute atomic E-state index is 0.267. The first-order valence-electron chi connectivity index (χ1n) is 6.98. The van der Waals surface area contributed by atoms with E-state index >= 15 is 0 Å². The number of ether oxygens (including phenoxy) is 1. The first-order chi connectivity index (χ1) is 10.6. The molecule has 0 aromatic heterocycles. The number of benzene rings is 2. The summed E-state index contributed by atoms with van der Waals surface area (Å²) in [5.74, 6) is -0.0678. The summed E-state index contributed by atoms with van der Waals surface area (Å²) in [4.78, 5) is 11.5. The third-order valence-electron chi connectivity index (χ3n) is 4.09. The van der Waals surface area contributed by atoms with Gasteiger partial charge >= 0.3 is 0 Å². The van der Waals surface area contributed by atoms with Crippen LogP contribution in [-0.4, -0.2) is 27.1 Å². The number of hydrogen-bond donors (Lipinski definition) is 0. The van der Waals surface area contributed by atoms with Crippen molar-refractivity contribution in [2.75, 3.05) is 7.11 Å². The Labute approximate surface area is 129 Å². The lowest BCUT2D eigenvalue weighted by atomic mass is 10.1. The van der Waals surface area contributed by atoms with Gasteiger partial charge in [0, 0.05) is 11.8 Å². The van der Waals surface area contributed by atoms with Crippen LogP contribution >= 0.6 is 0 Å². The van der Waals surface area contributed by atoms with E-state index in [0.29, 0.717) is 5.75 Å². The van der Waals surface area contributed by atoms with E-state index in [2.05, 4.69) is 0 Å². The molecule has 0 spiro atoms. The maximum absolute atomic E-state index is 12.7. The number of carbonyl (C=O) groups is 1. The van der Waals surface area contributed by atoms with Crippen LogP contribution in [0.25, 0.3) is 0 Å². The highest BCUT2D eigenvalue weighted by molar-refractivity contribution is 7.92. The fraction of sp³-hybridized carbons (Fsp3) is 0.235. The summed E-state index contributed by atoms with van der Waals surface area (Å²) < 4.78 is 30.5. The summed E-state index contributed by atoms with van der Waals surface area (Å²) in [6.45, 7) is 0. The molecule has 0 saturated heterocycles. The second-order valence-corrected chi connectivity index (χ2v) is 7.44. The van der Waals surface area contributed by atoms with Crippen LogP contribution in [0.4, 0.5) is 0 Å². The van der Waals surface area contributed by atoms with Crippen molar-refractivity contribution in [1.29, 1.82) is 0 Å². The summed E-state index contributed by atoms with van der Waals surface area (Å²) in [5.41, 5.74) is 0.849. The maximum atomic E-state index is 12.7. The predicted octanol–water partition coefficient (Wildman–Crippen LogP) is 2.45. The largest absolute Gasteiger partial charge is 0.497 e. The zero-order valence-corrected chi connectivity index (χ0v) is 12.9. The Bertz CT molecular complexity index is 766. The molecule has 1 saturated carbocycles. The Morgan fingerprint density at radius 3 is 2.18 bits per heavy atom. The molecule has 0 bridgehead atoms. The highest BCUT2D eigenvalue weighted by atomic mass is 32.2. The number of hydrogen-bond acceptors (Lipinski definition) is 4. The van der Waals surface area contributed by atoms with E-state index in [1.54, 1.807) is 49.6 Å². The van der Waals surface area contributed by atoms with Crippen molar-refractivity contribution < 1.29 is 17.9 Å². The Kier molecular flexibility index (Phi) is 3.74. The lowest BCUT2D eigenvalue weighted by Crippen LogP contribution is -2.10. The van der Waals surface area contributed by atoms with Gasteiger partial charge in [-0.25, -0.2) is 8.42 Å². The molecular weight excluding hydrogens is 300 g/mol.